The largest absolute Gasteiger partial charge is 0.462 e. The lowest BCUT2D eigenvalue weighted by atomic mass is 9.69. The molecule has 0 aliphatic heterocycles. The molecule has 0 unspecified atom stereocenters. The van der Waals surface area contributed by atoms with Gasteiger partial charge in [0.25, 0.3) is 0 Å². The van der Waals surface area contributed by atoms with Gasteiger partial charge in [0, 0.05) is 6.04 Å². The van der Waals surface area contributed by atoms with Crippen molar-refractivity contribution in [2.75, 3.05) is 33.8 Å². The van der Waals surface area contributed by atoms with Gasteiger partial charge in [-0.15, -0.1) is 0 Å². The van der Waals surface area contributed by atoms with Gasteiger partial charge in [0.1, 0.15) is 0 Å². The number of likely N-dealkylation sites (N-methyl/N-ethyl adjacent to an activating group) is 1. The van der Waals surface area contributed by atoms with E-state index < -0.39 is 0 Å². The van der Waals surface area contributed by atoms with Crippen molar-refractivity contribution in [3.63, 3.8) is 0 Å². The first kappa shape index (κ1) is 19.2. The van der Waals surface area contributed by atoms with Crippen molar-refractivity contribution < 1.29 is 18.8 Å². The Kier molecular flexibility index (Phi) is 5.34. The number of rotatable bonds is 7. The molecular formula is C19H35N2O3+. The number of nitrogens with one attached hydrogen (secondary N) is 1. The van der Waals surface area contributed by atoms with Crippen LogP contribution in [0.3, 0.4) is 0 Å². The Morgan fingerprint density at radius 2 is 1.92 bits per heavy atom. The molecule has 2 aliphatic rings. The average Bonchev–Trinajstić information content (AvgIpc) is 2.78. The van der Waals surface area contributed by atoms with Gasteiger partial charge in [-0.3, -0.25) is 4.79 Å². The van der Waals surface area contributed by atoms with Crippen LogP contribution in [-0.2, 0) is 14.3 Å². The maximum Gasteiger partial charge on any atom is 0.361 e. The van der Waals surface area contributed by atoms with E-state index in [-0.39, 0.29) is 17.3 Å². The molecule has 0 spiro atoms. The van der Waals surface area contributed by atoms with Crippen molar-refractivity contribution in [1.82, 2.24) is 5.32 Å². The van der Waals surface area contributed by atoms with Crippen molar-refractivity contribution in [2.24, 2.45) is 16.7 Å². The van der Waals surface area contributed by atoms with Gasteiger partial charge in [0.2, 0.25) is 5.91 Å². The molecule has 0 aromatic heterocycles. The normalized spacial score (nSPS) is 31.1. The van der Waals surface area contributed by atoms with Gasteiger partial charge in [-0.25, -0.2) is 4.79 Å². The molecule has 24 heavy (non-hydrogen) atoms. The number of quaternary nitrogens is 1. The lowest BCUT2D eigenvalue weighted by Gasteiger charge is -2.39. The fourth-order valence-corrected chi connectivity index (χ4v) is 4.73. The van der Waals surface area contributed by atoms with Crippen molar-refractivity contribution in [3.05, 3.63) is 0 Å². The lowest BCUT2D eigenvalue weighted by molar-refractivity contribution is -0.882. The van der Waals surface area contributed by atoms with Crippen molar-refractivity contribution >= 4 is 11.9 Å². The molecule has 1 N–H and O–H groups in total. The second-order valence-electron chi connectivity index (χ2n) is 9.10. The monoisotopic (exact) mass is 339 g/mol. The molecule has 2 bridgehead atoms. The topological polar surface area (TPSA) is 55.4 Å². The molecule has 0 radical (unpaired) electrons. The Hall–Kier alpha value is -1.10. The number of nitrogens with zero attached hydrogens (tertiary/aromatic N) is 1. The van der Waals surface area contributed by atoms with Crippen LogP contribution in [0.15, 0.2) is 0 Å². The SMILES string of the molecule is CCOC(=O)C[N+](C)(C)CCC(=O)N[C@@H]1C[C@@H]2CC[C@@]1(C)C2(C)C. The zero-order valence-electron chi connectivity index (χ0n) is 16.3. The molecule has 2 rings (SSSR count). The molecule has 2 fully saturated rings. The standard InChI is InChI=1S/C19H34N2O3/c1-7-24-17(23)13-21(5,6)11-9-16(22)20-15-12-14-8-10-19(15,4)18(14,2)3/h14-15H,7-13H2,1-6H3/p+1/t14-,15+,19+/m0/s1. The fraction of sp³-hybridized carbons (Fsp3) is 0.895. The summed E-state index contributed by atoms with van der Waals surface area (Å²) in [6.45, 7) is 10.2. The van der Waals surface area contributed by atoms with E-state index >= 15 is 0 Å². The number of hydrogen-bond donors (Lipinski definition) is 1. The van der Waals surface area contributed by atoms with E-state index in [9.17, 15) is 9.59 Å². The molecule has 2 saturated carbocycles. The Balaban J connectivity index is 1.83. The van der Waals surface area contributed by atoms with E-state index in [0.29, 0.717) is 42.1 Å². The van der Waals surface area contributed by atoms with Crippen LogP contribution >= 0.6 is 0 Å². The minimum absolute atomic E-state index is 0.111. The quantitative estimate of drug-likeness (QED) is 0.572. The number of fused-ring (bicyclic) bond motifs is 2. The number of esters is 1. The van der Waals surface area contributed by atoms with Crippen LogP contribution in [0.1, 0.15) is 53.4 Å². The zero-order chi connectivity index (χ0) is 18.2. The van der Waals surface area contributed by atoms with E-state index in [1.54, 1.807) is 0 Å². The summed E-state index contributed by atoms with van der Waals surface area (Å²) in [5, 5.41) is 3.29. The van der Waals surface area contributed by atoms with Gasteiger partial charge in [0.15, 0.2) is 6.54 Å². The molecule has 2 aliphatic carbocycles. The van der Waals surface area contributed by atoms with E-state index in [2.05, 4.69) is 26.1 Å². The minimum Gasteiger partial charge on any atom is -0.462 e. The minimum atomic E-state index is -0.203. The summed E-state index contributed by atoms with van der Waals surface area (Å²) < 4.78 is 5.48. The van der Waals surface area contributed by atoms with E-state index in [1.165, 1.54) is 12.8 Å². The highest BCUT2D eigenvalue weighted by Gasteiger charge is 2.61. The van der Waals surface area contributed by atoms with E-state index in [0.717, 1.165) is 12.3 Å². The highest BCUT2D eigenvalue weighted by Crippen LogP contribution is 2.65. The van der Waals surface area contributed by atoms with Gasteiger partial charge in [0.05, 0.1) is 33.7 Å². The first-order chi connectivity index (χ1) is 11.0. The van der Waals surface area contributed by atoms with Crippen LogP contribution in [0, 0.1) is 16.7 Å². The van der Waals surface area contributed by atoms with Crippen molar-refractivity contribution in [3.8, 4) is 0 Å². The van der Waals surface area contributed by atoms with Crippen molar-refractivity contribution in [1.29, 1.82) is 0 Å². The number of hydrogen-bond acceptors (Lipinski definition) is 3. The molecular weight excluding hydrogens is 304 g/mol. The molecule has 0 aromatic carbocycles. The van der Waals surface area contributed by atoms with Gasteiger partial charge >= 0.3 is 5.97 Å². The fourth-order valence-electron chi connectivity index (χ4n) is 4.73. The van der Waals surface area contributed by atoms with Crippen LogP contribution in [0.25, 0.3) is 0 Å². The van der Waals surface area contributed by atoms with Crippen LogP contribution in [0.2, 0.25) is 0 Å². The maximum atomic E-state index is 12.4. The molecule has 5 nitrogen and oxygen atoms in total. The van der Waals surface area contributed by atoms with Crippen LogP contribution in [-0.4, -0.2) is 56.2 Å². The third-order valence-corrected chi connectivity index (χ3v) is 6.94. The smallest absolute Gasteiger partial charge is 0.361 e. The summed E-state index contributed by atoms with van der Waals surface area (Å²) in [5.74, 6) is 0.633. The van der Waals surface area contributed by atoms with Crippen molar-refractivity contribution in [2.45, 2.75) is 59.4 Å². The molecule has 0 heterocycles. The van der Waals surface area contributed by atoms with Crippen LogP contribution in [0.5, 0.6) is 0 Å². The Morgan fingerprint density at radius 3 is 2.42 bits per heavy atom. The summed E-state index contributed by atoms with van der Waals surface area (Å²) in [5.41, 5.74) is 0.521. The van der Waals surface area contributed by atoms with Crippen LogP contribution < -0.4 is 5.32 Å². The second kappa shape index (κ2) is 6.66. The van der Waals surface area contributed by atoms with Gasteiger partial charge < -0.3 is 14.5 Å². The number of carbonyl (C=O) groups excluding carboxylic acids is 2. The third kappa shape index (κ3) is 3.61. The molecule has 0 saturated heterocycles. The maximum absolute atomic E-state index is 12.4. The highest BCUT2D eigenvalue weighted by molar-refractivity contribution is 5.76. The van der Waals surface area contributed by atoms with E-state index in [4.69, 9.17) is 4.74 Å². The second-order valence-corrected chi connectivity index (χ2v) is 9.10. The van der Waals surface area contributed by atoms with Crippen LogP contribution in [0.4, 0.5) is 0 Å². The summed E-state index contributed by atoms with van der Waals surface area (Å²) >= 11 is 0. The third-order valence-electron chi connectivity index (χ3n) is 6.94. The first-order valence-corrected chi connectivity index (χ1v) is 9.29. The Bertz CT molecular complexity index is 501. The summed E-state index contributed by atoms with van der Waals surface area (Å²) in [6, 6.07) is 0.291. The summed E-state index contributed by atoms with van der Waals surface area (Å²) in [6.07, 6.45) is 4.06. The number of amides is 1. The van der Waals surface area contributed by atoms with Gasteiger partial charge in [-0.1, -0.05) is 20.8 Å². The molecule has 138 valence electrons. The predicted molar refractivity (Wildman–Crippen MR) is 94.3 cm³/mol. The first-order valence-electron chi connectivity index (χ1n) is 9.29. The zero-order valence-corrected chi connectivity index (χ0v) is 16.3. The molecule has 3 atom stereocenters. The van der Waals surface area contributed by atoms with Gasteiger partial charge in [-0.05, 0) is 42.9 Å². The summed E-state index contributed by atoms with van der Waals surface area (Å²) in [7, 11) is 3.93. The number of ether oxygens (including phenoxy) is 1. The van der Waals surface area contributed by atoms with E-state index in [1.807, 2.05) is 21.0 Å². The average molecular weight is 340 g/mol. The lowest BCUT2D eigenvalue weighted by Crippen LogP contribution is -2.49. The number of carbonyl (C=O) groups is 2. The summed E-state index contributed by atoms with van der Waals surface area (Å²) in [4.78, 5) is 24.1. The molecule has 1 amide bonds. The Morgan fingerprint density at radius 1 is 1.25 bits per heavy atom. The predicted octanol–water partition coefficient (Wildman–Crippen LogP) is 2.35. The molecule has 5 heteroatoms. The van der Waals surface area contributed by atoms with Gasteiger partial charge in [-0.2, -0.15) is 0 Å². The molecule has 0 aromatic rings. The highest BCUT2D eigenvalue weighted by atomic mass is 16.5. The Labute approximate surface area is 146 Å².